The van der Waals surface area contributed by atoms with Crippen LogP contribution in [0.4, 0.5) is 14.6 Å². The summed E-state index contributed by atoms with van der Waals surface area (Å²) < 4.78 is 28.0. The zero-order valence-corrected chi connectivity index (χ0v) is 16.9. The van der Waals surface area contributed by atoms with Crippen LogP contribution < -0.4 is 10.5 Å². The van der Waals surface area contributed by atoms with Crippen molar-refractivity contribution in [3.8, 4) is 0 Å². The number of fused-ring (bicyclic) bond motifs is 2. The Bertz CT molecular complexity index is 1340. The number of hydrogen-bond acceptors (Lipinski definition) is 6. The normalized spacial score (nSPS) is 16.6. The molecule has 1 aromatic carbocycles. The molecule has 4 heterocycles. The summed E-state index contributed by atoms with van der Waals surface area (Å²) in [5, 5.41) is 1.17. The quantitative estimate of drug-likeness (QED) is 0.500. The molecule has 0 radical (unpaired) electrons. The fourth-order valence-corrected chi connectivity index (χ4v) is 4.34. The molecule has 0 saturated carbocycles. The lowest BCUT2D eigenvalue weighted by molar-refractivity contribution is 0.123. The Balaban J connectivity index is 1.71. The third kappa shape index (κ3) is 3.39. The van der Waals surface area contributed by atoms with Crippen molar-refractivity contribution in [3.63, 3.8) is 0 Å². The highest BCUT2D eigenvalue weighted by Crippen LogP contribution is 2.37. The van der Waals surface area contributed by atoms with Gasteiger partial charge in [0.25, 0.3) is 12.0 Å². The summed E-state index contributed by atoms with van der Waals surface area (Å²) in [4.78, 5) is 33.1. The molecule has 1 saturated heterocycles. The molecule has 4 aromatic rings. The van der Waals surface area contributed by atoms with Gasteiger partial charge in [0.1, 0.15) is 17.5 Å². The lowest BCUT2D eigenvalue weighted by Crippen LogP contribution is -2.34. The fourth-order valence-electron chi connectivity index (χ4n) is 4.34. The highest BCUT2D eigenvalue weighted by molar-refractivity contribution is 5.89. The number of benzene rings is 1. The van der Waals surface area contributed by atoms with Gasteiger partial charge in [-0.15, -0.1) is 0 Å². The number of alkyl halides is 2. The minimum atomic E-state index is -2.66. The Kier molecular flexibility index (Phi) is 4.80. The summed E-state index contributed by atoms with van der Waals surface area (Å²) in [6.45, 7) is 1.79. The number of aryl methyl sites for hydroxylation is 1. The second kappa shape index (κ2) is 7.64. The maximum absolute atomic E-state index is 13.4. The largest absolute Gasteiger partial charge is 0.346 e. The lowest BCUT2D eigenvalue weighted by atomic mass is 10.1. The van der Waals surface area contributed by atoms with Crippen LogP contribution in [0.1, 0.15) is 30.5 Å². The van der Waals surface area contributed by atoms with E-state index in [-0.39, 0.29) is 6.04 Å². The molecule has 158 valence electrons. The summed E-state index contributed by atoms with van der Waals surface area (Å²) in [6.07, 6.45) is 2.21. The van der Waals surface area contributed by atoms with Gasteiger partial charge in [-0.25, -0.2) is 23.7 Å². The number of rotatable bonds is 4. The molecule has 9 heteroatoms. The van der Waals surface area contributed by atoms with E-state index in [1.807, 2.05) is 13.0 Å². The molecule has 31 heavy (non-hydrogen) atoms. The van der Waals surface area contributed by atoms with Gasteiger partial charge < -0.3 is 4.90 Å². The predicted molar refractivity (Wildman–Crippen MR) is 113 cm³/mol. The number of pyridine rings is 1. The van der Waals surface area contributed by atoms with Crippen LogP contribution in [0.15, 0.2) is 47.5 Å². The monoisotopic (exact) mass is 422 g/mol. The second-order valence-electron chi connectivity index (χ2n) is 7.63. The molecule has 1 unspecified atom stereocenters. The van der Waals surface area contributed by atoms with Crippen molar-refractivity contribution in [2.75, 3.05) is 11.4 Å². The molecule has 1 fully saturated rings. The van der Waals surface area contributed by atoms with Gasteiger partial charge in [0.2, 0.25) is 0 Å². The summed E-state index contributed by atoms with van der Waals surface area (Å²) in [7, 11) is 0. The molecule has 3 aromatic heterocycles. The van der Waals surface area contributed by atoms with Gasteiger partial charge in [-0.3, -0.25) is 14.3 Å². The zero-order chi connectivity index (χ0) is 21.5. The van der Waals surface area contributed by atoms with Crippen LogP contribution in [-0.4, -0.2) is 37.5 Å². The van der Waals surface area contributed by atoms with E-state index >= 15 is 0 Å². The number of halogens is 2. The fraction of sp³-hybridized carbons (Fsp3) is 0.318. The third-order valence-corrected chi connectivity index (χ3v) is 5.63. The van der Waals surface area contributed by atoms with Crippen LogP contribution in [0, 0.1) is 6.92 Å². The molecular formula is C22H20F2N6O. The van der Waals surface area contributed by atoms with Crippen LogP contribution in [0.2, 0.25) is 0 Å². The van der Waals surface area contributed by atoms with Gasteiger partial charge in [-0.2, -0.15) is 0 Å². The van der Waals surface area contributed by atoms with Crippen LogP contribution in [0.5, 0.6) is 0 Å². The molecule has 1 atom stereocenters. The molecule has 5 rings (SSSR count). The van der Waals surface area contributed by atoms with Crippen molar-refractivity contribution in [1.29, 1.82) is 0 Å². The second-order valence-corrected chi connectivity index (χ2v) is 7.63. The van der Waals surface area contributed by atoms with E-state index in [1.165, 1.54) is 0 Å². The first-order valence-corrected chi connectivity index (χ1v) is 10.2. The van der Waals surface area contributed by atoms with Gasteiger partial charge in [0.15, 0.2) is 0 Å². The molecule has 0 N–H and O–H groups in total. The minimum absolute atomic E-state index is 0.339. The number of aromatic nitrogens is 5. The SMILES string of the molecule is Cc1nc(N2CCCC2c2nc3ccccc3c(=O)n2CC(F)F)c2ccncc2n1. The van der Waals surface area contributed by atoms with Crippen molar-refractivity contribution in [1.82, 2.24) is 24.5 Å². The maximum Gasteiger partial charge on any atom is 0.261 e. The summed E-state index contributed by atoms with van der Waals surface area (Å²) in [6, 6.07) is 8.36. The third-order valence-electron chi connectivity index (χ3n) is 5.63. The van der Waals surface area contributed by atoms with E-state index in [1.54, 1.807) is 36.7 Å². The first-order chi connectivity index (χ1) is 15.0. The first kappa shape index (κ1) is 19.5. The molecule has 7 nitrogen and oxygen atoms in total. The predicted octanol–water partition coefficient (Wildman–Crippen LogP) is 3.65. The van der Waals surface area contributed by atoms with Crippen molar-refractivity contribution in [2.45, 2.75) is 38.8 Å². The molecule has 1 aliphatic rings. The Hall–Kier alpha value is -3.49. The van der Waals surface area contributed by atoms with Gasteiger partial charge in [-0.1, -0.05) is 12.1 Å². The standard InChI is InChI=1S/C22H20F2N6O/c1-13-26-17-11-25-9-8-14(17)20(27-13)29-10-4-7-18(29)21-28-16-6-3-2-5-15(16)22(31)30(21)12-19(23)24/h2-3,5-6,8-9,11,18-19H,4,7,10,12H2,1H3. The Morgan fingerprint density at radius 1 is 1.10 bits per heavy atom. The minimum Gasteiger partial charge on any atom is -0.346 e. The van der Waals surface area contributed by atoms with Crippen molar-refractivity contribution in [2.24, 2.45) is 0 Å². The van der Waals surface area contributed by atoms with Crippen LogP contribution >= 0.6 is 0 Å². The molecule has 1 aliphatic heterocycles. The lowest BCUT2D eigenvalue weighted by Gasteiger charge is -2.28. The highest BCUT2D eigenvalue weighted by Gasteiger charge is 2.33. The number of para-hydroxylation sites is 1. The van der Waals surface area contributed by atoms with Gasteiger partial charge in [-0.05, 0) is 38.0 Å². The van der Waals surface area contributed by atoms with E-state index in [9.17, 15) is 13.6 Å². The molecule has 0 aliphatic carbocycles. The smallest absolute Gasteiger partial charge is 0.261 e. The van der Waals surface area contributed by atoms with Crippen LogP contribution in [0.3, 0.4) is 0 Å². The highest BCUT2D eigenvalue weighted by atomic mass is 19.3. The van der Waals surface area contributed by atoms with Gasteiger partial charge >= 0.3 is 0 Å². The van der Waals surface area contributed by atoms with E-state index in [0.717, 1.165) is 16.4 Å². The Morgan fingerprint density at radius 2 is 1.94 bits per heavy atom. The summed E-state index contributed by atoms with van der Waals surface area (Å²) >= 11 is 0. The van der Waals surface area contributed by atoms with E-state index in [2.05, 4.69) is 24.8 Å². The number of nitrogens with zero attached hydrogens (tertiary/aromatic N) is 6. The van der Waals surface area contributed by atoms with Gasteiger partial charge in [0, 0.05) is 18.1 Å². The van der Waals surface area contributed by atoms with Crippen molar-refractivity contribution < 1.29 is 8.78 Å². The van der Waals surface area contributed by atoms with E-state index in [4.69, 9.17) is 0 Å². The van der Waals surface area contributed by atoms with Gasteiger partial charge in [0.05, 0.1) is 35.2 Å². The molecular weight excluding hydrogens is 402 g/mol. The van der Waals surface area contributed by atoms with Crippen LogP contribution in [0.25, 0.3) is 21.8 Å². The van der Waals surface area contributed by atoms with Crippen LogP contribution in [-0.2, 0) is 6.54 Å². The van der Waals surface area contributed by atoms with E-state index in [0.29, 0.717) is 46.9 Å². The molecule has 0 amide bonds. The average molecular weight is 422 g/mol. The van der Waals surface area contributed by atoms with E-state index < -0.39 is 18.5 Å². The topological polar surface area (TPSA) is 76.8 Å². The Labute approximate surface area is 176 Å². The number of hydrogen-bond donors (Lipinski definition) is 0. The number of anilines is 1. The zero-order valence-electron chi connectivity index (χ0n) is 16.9. The van der Waals surface area contributed by atoms with Crippen molar-refractivity contribution >= 4 is 27.6 Å². The average Bonchev–Trinajstić information content (AvgIpc) is 3.24. The maximum atomic E-state index is 13.4. The Morgan fingerprint density at radius 3 is 2.77 bits per heavy atom. The summed E-state index contributed by atoms with van der Waals surface area (Å²) in [5.41, 5.74) is 0.778. The first-order valence-electron chi connectivity index (χ1n) is 10.2. The van der Waals surface area contributed by atoms with Crippen molar-refractivity contribution in [3.05, 3.63) is 64.7 Å². The summed E-state index contributed by atoms with van der Waals surface area (Å²) in [5.74, 6) is 1.65. The molecule has 0 spiro atoms. The molecule has 0 bridgehead atoms.